The first-order valence-electron chi connectivity index (χ1n) is 12.6. The third kappa shape index (κ3) is 6.20. The van der Waals surface area contributed by atoms with Crippen LogP contribution in [0, 0.1) is 0 Å². The molecule has 5 rings (SSSR count). The van der Waals surface area contributed by atoms with Crippen molar-refractivity contribution in [2.75, 3.05) is 35.3 Å². The Kier molecular flexibility index (Phi) is 8.95. The molecule has 7 N–H and O–H groups in total. The van der Waals surface area contributed by atoms with Crippen molar-refractivity contribution < 1.29 is 28.9 Å². The number of rotatable bonds is 10. The summed E-state index contributed by atoms with van der Waals surface area (Å²) >= 11 is 9.64. The van der Waals surface area contributed by atoms with Crippen LogP contribution in [-0.4, -0.2) is 67.9 Å². The number of carboxylic acid groups (broad SMARTS) is 1. The van der Waals surface area contributed by atoms with Gasteiger partial charge < -0.3 is 37.3 Å². The Labute approximate surface area is 262 Å². The number of halogens is 1. The zero-order chi connectivity index (χ0) is 30.8. The van der Waals surface area contributed by atoms with E-state index in [2.05, 4.69) is 20.4 Å². The van der Waals surface area contributed by atoms with Crippen molar-refractivity contribution in [2.45, 2.75) is 23.5 Å². The van der Waals surface area contributed by atoms with Crippen molar-refractivity contribution in [3.63, 3.8) is 0 Å². The number of aliphatic carboxylic acids is 1. The van der Waals surface area contributed by atoms with E-state index in [9.17, 15) is 19.5 Å². The van der Waals surface area contributed by atoms with Crippen LogP contribution in [0.15, 0.2) is 57.3 Å². The van der Waals surface area contributed by atoms with Gasteiger partial charge in [0.1, 0.15) is 29.4 Å². The number of benzene rings is 1. The first kappa shape index (κ1) is 30.4. The molecule has 14 nitrogen and oxygen atoms in total. The third-order valence-corrected chi connectivity index (χ3v) is 9.51. The second-order valence-electron chi connectivity index (χ2n) is 9.02. The molecule has 1 aromatic carbocycles. The molecule has 1 saturated heterocycles. The Morgan fingerprint density at radius 3 is 2.67 bits per heavy atom. The monoisotopic (exact) mass is 661 g/mol. The highest BCUT2D eigenvalue weighted by molar-refractivity contribution is 8.01. The number of nitrogen functional groups attached to an aromatic ring is 3. The van der Waals surface area contributed by atoms with Gasteiger partial charge in [-0.25, -0.2) is 4.98 Å². The third-order valence-electron chi connectivity index (χ3n) is 6.22. The topological polar surface area (TPSA) is 219 Å². The average molecular weight is 662 g/mol. The number of nitrogens with one attached hydrogen (secondary N) is 1. The highest BCUT2D eigenvalue weighted by atomic mass is 35.5. The number of hydrogen-bond acceptors (Lipinski definition) is 14. The first-order valence-corrected chi connectivity index (χ1v) is 15.8. The van der Waals surface area contributed by atoms with Crippen LogP contribution in [0.3, 0.4) is 0 Å². The SMILES string of the molecule is CCO/N=C(\C(=O)NC1C(=O)N2C(C(=O)[O-])=C(CSc3nc(N)cc(N)[n+]3-c3ccc(Cl)cc3)CS[C@H]12)c1csc(N)n1. The van der Waals surface area contributed by atoms with Gasteiger partial charge in [0.2, 0.25) is 11.6 Å². The number of nitrogens with two attached hydrogens (primary N) is 3. The lowest BCUT2D eigenvalue weighted by Gasteiger charge is -2.50. The lowest BCUT2D eigenvalue weighted by molar-refractivity contribution is -0.626. The molecule has 2 aliphatic heterocycles. The fraction of sp³-hybridized carbons (Fsp3) is 0.240. The summed E-state index contributed by atoms with van der Waals surface area (Å²) in [6.07, 6.45) is 0. The van der Waals surface area contributed by atoms with Crippen molar-refractivity contribution in [3.05, 3.63) is 57.7 Å². The van der Waals surface area contributed by atoms with Gasteiger partial charge in [-0.15, -0.1) is 23.1 Å². The van der Waals surface area contributed by atoms with E-state index in [0.717, 1.165) is 16.2 Å². The molecule has 1 fully saturated rings. The zero-order valence-corrected chi connectivity index (χ0v) is 25.6. The number of carbonyl (C=O) groups is 3. The summed E-state index contributed by atoms with van der Waals surface area (Å²) in [5, 5.41) is 20.8. The number of oxime groups is 1. The Morgan fingerprint density at radius 1 is 1.28 bits per heavy atom. The molecule has 2 aliphatic rings. The second kappa shape index (κ2) is 12.7. The molecule has 4 heterocycles. The molecule has 1 unspecified atom stereocenters. The van der Waals surface area contributed by atoms with Gasteiger partial charge >= 0.3 is 5.16 Å². The smallest absolute Gasteiger partial charge is 0.306 e. The minimum Gasteiger partial charge on any atom is -0.543 e. The van der Waals surface area contributed by atoms with Crippen LogP contribution in [0.5, 0.6) is 0 Å². The standard InChI is InChI=1S/C25H24ClN9O5S3/c1-2-40-33-17(14-10-42-24(29)30-14)20(36)32-18-21(37)35-19(23(38)39)11(8-41-22(18)35)9-43-25-31-15(27)7-16(28)34(25)13-5-3-12(26)4-6-13/h3-7,10,18,22H,2,8-9H2,1H3,(H7,27,28,29,30,32,36,38,39)/b33-17-/t18?,22-/m1/s1. The number of fused-ring (bicyclic) bond motifs is 1. The van der Waals surface area contributed by atoms with Crippen LogP contribution in [-0.2, 0) is 19.2 Å². The van der Waals surface area contributed by atoms with Crippen LogP contribution in [0.1, 0.15) is 12.6 Å². The predicted octanol–water partition coefficient (Wildman–Crippen LogP) is 0.152. The number of amides is 2. The molecular weight excluding hydrogens is 638 g/mol. The molecular formula is C25H24ClN9O5S3. The first-order chi connectivity index (χ1) is 20.6. The summed E-state index contributed by atoms with van der Waals surface area (Å²) in [5.41, 5.74) is 18.8. The van der Waals surface area contributed by atoms with E-state index >= 15 is 0 Å². The van der Waals surface area contributed by atoms with Crippen LogP contribution in [0.2, 0.25) is 5.02 Å². The number of nitrogens with zero attached hydrogens (tertiary/aromatic N) is 5. The molecule has 0 radical (unpaired) electrons. The zero-order valence-electron chi connectivity index (χ0n) is 22.4. The maximum absolute atomic E-state index is 13.2. The summed E-state index contributed by atoms with van der Waals surface area (Å²) in [6, 6.07) is 7.42. The summed E-state index contributed by atoms with van der Waals surface area (Å²) in [6.45, 7) is 1.89. The van der Waals surface area contributed by atoms with E-state index in [1.807, 2.05) is 0 Å². The van der Waals surface area contributed by atoms with Gasteiger partial charge in [-0.3, -0.25) is 14.5 Å². The van der Waals surface area contributed by atoms with Gasteiger partial charge in [0, 0.05) is 21.9 Å². The number of β-lactam (4-membered cyclic amide) rings is 1. The molecule has 2 amide bonds. The lowest BCUT2D eigenvalue weighted by atomic mass is 10.0. The van der Waals surface area contributed by atoms with Gasteiger partial charge in [-0.05, 0) is 48.5 Å². The Hall–Kier alpha value is -4.06. The fourth-order valence-corrected chi connectivity index (χ4v) is 7.54. The van der Waals surface area contributed by atoms with Gasteiger partial charge in [0.25, 0.3) is 11.8 Å². The van der Waals surface area contributed by atoms with Gasteiger partial charge in [-0.1, -0.05) is 21.7 Å². The van der Waals surface area contributed by atoms with E-state index in [-0.39, 0.29) is 46.2 Å². The van der Waals surface area contributed by atoms with E-state index < -0.39 is 29.2 Å². The van der Waals surface area contributed by atoms with Crippen LogP contribution >= 0.6 is 46.5 Å². The van der Waals surface area contributed by atoms with Crippen LogP contribution < -0.4 is 32.2 Å². The molecule has 43 heavy (non-hydrogen) atoms. The van der Waals surface area contributed by atoms with E-state index in [1.165, 1.54) is 35.0 Å². The molecule has 2 aromatic heterocycles. The summed E-state index contributed by atoms with van der Waals surface area (Å²) < 4.78 is 1.66. The Morgan fingerprint density at radius 2 is 2.02 bits per heavy atom. The second-order valence-corrected chi connectivity index (χ2v) is 12.4. The lowest BCUT2D eigenvalue weighted by Crippen LogP contribution is -2.71. The van der Waals surface area contributed by atoms with Gasteiger partial charge in [0.05, 0.1) is 17.7 Å². The predicted molar refractivity (Wildman–Crippen MR) is 162 cm³/mol. The highest BCUT2D eigenvalue weighted by Gasteiger charge is 2.53. The minimum absolute atomic E-state index is 0.143. The molecule has 0 saturated carbocycles. The van der Waals surface area contributed by atoms with Gasteiger partial charge in [-0.2, -0.15) is 4.57 Å². The molecule has 18 heteroatoms. The fourth-order valence-electron chi connectivity index (χ4n) is 4.34. The van der Waals surface area contributed by atoms with Gasteiger partial charge in [0.15, 0.2) is 10.8 Å². The largest absolute Gasteiger partial charge is 0.543 e. The quantitative estimate of drug-likeness (QED) is 0.0570. The number of carboxylic acids is 1. The molecule has 0 aliphatic carbocycles. The van der Waals surface area contributed by atoms with Crippen molar-refractivity contribution in [1.29, 1.82) is 0 Å². The van der Waals surface area contributed by atoms with Crippen molar-refractivity contribution in [1.82, 2.24) is 20.2 Å². The normalized spacial score (nSPS) is 18.2. The maximum atomic E-state index is 13.2. The molecule has 3 aromatic rings. The van der Waals surface area contributed by atoms with Crippen molar-refractivity contribution in [3.8, 4) is 5.69 Å². The average Bonchev–Trinajstić information content (AvgIpc) is 3.40. The number of thiazole rings is 1. The minimum atomic E-state index is -1.51. The van der Waals surface area contributed by atoms with Crippen molar-refractivity contribution >= 4 is 86.7 Å². The van der Waals surface area contributed by atoms with Crippen LogP contribution in [0.25, 0.3) is 5.69 Å². The van der Waals surface area contributed by atoms with E-state index in [4.69, 9.17) is 33.6 Å². The number of thioether (sulfide) groups is 2. The number of hydrogen-bond donors (Lipinski definition) is 4. The number of aromatic nitrogens is 3. The maximum Gasteiger partial charge on any atom is 0.306 e. The molecule has 224 valence electrons. The number of carbonyl (C=O) groups excluding carboxylic acids is 3. The Bertz CT molecular complexity index is 1660. The van der Waals surface area contributed by atoms with E-state index in [0.29, 0.717) is 27.3 Å². The summed E-state index contributed by atoms with van der Waals surface area (Å²) in [4.78, 5) is 53.2. The molecule has 0 bridgehead atoms. The Balaban J connectivity index is 1.36. The summed E-state index contributed by atoms with van der Waals surface area (Å²) in [5.74, 6) is -1.95. The molecule has 0 spiro atoms. The van der Waals surface area contributed by atoms with Crippen LogP contribution in [0.4, 0.5) is 16.8 Å². The van der Waals surface area contributed by atoms with E-state index in [1.54, 1.807) is 35.8 Å². The highest BCUT2D eigenvalue weighted by Crippen LogP contribution is 2.41. The summed E-state index contributed by atoms with van der Waals surface area (Å²) in [7, 11) is 0. The number of anilines is 3. The van der Waals surface area contributed by atoms with Crippen molar-refractivity contribution in [2.24, 2.45) is 5.16 Å². The molecule has 2 atom stereocenters.